The Hall–Kier alpha value is -3.97. The topological polar surface area (TPSA) is 149 Å². The summed E-state index contributed by atoms with van der Waals surface area (Å²) in [6.07, 6.45) is 1.10. The van der Waals surface area contributed by atoms with Crippen LogP contribution in [-0.2, 0) is 16.4 Å². The van der Waals surface area contributed by atoms with E-state index in [1.807, 2.05) is 0 Å². The van der Waals surface area contributed by atoms with Crippen LogP contribution in [0.1, 0.15) is 15.2 Å². The number of nitrogens with one attached hydrogen (secondary N) is 2. The fourth-order valence-electron chi connectivity index (χ4n) is 3.33. The van der Waals surface area contributed by atoms with Gasteiger partial charge in [-0.15, -0.1) is 11.3 Å². The van der Waals surface area contributed by atoms with E-state index in [1.165, 1.54) is 44.6 Å². The molecule has 182 valence electrons. The second kappa shape index (κ2) is 9.35. The molecule has 2 N–H and O–H groups in total. The largest absolute Gasteiger partial charge is 0.491 e. The van der Waals surface area contributed by atoms with Crippen LogP contribution in [0.4, 0.5) is 0 Å². The molecular weight excluding hydrogens is 496 g/mol. The number of hydrogen-bond donors (Lipinski definition) is 2. The summed E-state index contributed by atoms with van der Waals surface area (Å²) in [4.78, 5) is 45.6. The summed E-state index contributed by atoms with van der Waals surface area (Å²) in [5.74, 6) is -0.0190. The number of nitrogens with zero attached hydrogens (tertiary/aromatic N) is 2. The van der Waals surface area contributed by atoms with E-state index in [0.29, 0.717) is 11.3 Å². The number of amides is 1. The number of ether oxygens (including phenoxy) is 2. The van der Waals surface area contributed by atoms with E-state index in [2.05, 4.69) is 15.3 Å². The van der Waals surface area contributed by atoms with Gasteiger partial charge in [-0.3, -0.25) is 9.59 Å². The molecule has 0 aliphatic carbocycles. The molecule has 0 unspecified atom stereocenters. The number of thiophene rings is 1. The molecule has 3 heterocycles. The van der Waals surface area contributed by atoms with Gasteiger partial charge in [-0.1, -0.05) is 12.1 Å². The Bertz CT molecular complexity index is 1670. The molecule has 0 saturated carbocycles. The Morgan fingerprint density at radius 3 is 2.60 bits per heavy atom. The minimum absolute atomic E-state index is 0.0287. The molecule has 0 atom stereocenters. The first-order chi connectivity index (χ1) is 16.6. The molecule has 4 rings (SSSR count). The third-order valence-corrected chi connectivity index (χ3v) is 7.26. The number of sulfone groups is 1. The summed E-state index contributed by atoms with van der Waals surface area (Å²) in [6.45, 7) is 0.0761. The van der Waals surface area contributed by atoms with Gasteiger partial charge in [0, 0.05) is 12.8 Å². The van der Waals surface area contributed by atoms with Gasteiger partial charge in [0.2, 0.25) is 0 Å². The molecule has 3 aromatic heterocycles. The summed E-state index contributed by atoms with van der Waals surface area (Å²) >= 11 is 0.915. The number of H-pyrrole nitrogens is 1. The van der Waals surface area contributed by atoms with Gasteiger partial charge >= 0.3 is 5.69 Å². The van der Waals surface area contributed by atoms with Crippen LogP contribution in [0.25, 0.3) is 16.0 Å². The van der Waals surface area contributed by atoms with Crippen molar-refractivity contribution in [1.29, 1.82) is 0 Å². The van der Waals surface area contributed by atoms with Crippen LogP contribution in [0.15, 0.2) is 56.9 Å². The van der Waals surface area contributed by atoms with Crippen LogP contribution in [-0.4, -0.2) is 49.3 Å². The number of fused-ring (bicyclic) bond motifs is 1. The fourth-order valence-corrected chi connectivity index (χ4v) is 4.98. The van der Waals surface area contributed by atoms with E-state index < -0.39 is 27.0 Å². The highest BCUT2D eigenvalue weighted by Gasteiger charge is 2.18. The van der Waals surface area contributed by atoms with Gasteiger partial charge < -0.3 is 19.8 Å². The molecule has 0 radical (unpaired) electrons. The Morgan fingerprint density at radius 2 is 1.91 bits per heavy atom. The summed E-state index contributed by atoms with van der Waals surface area (Å²) < 4.78 is 34.8. The zero-order chi connectivity index (χ0) is 25.3. The fraction of sp³-hybridized carbons (Fsp3) is 0.182. The maximum atomic E-state index is 13.1. The second-order valence-corrected chi connectivity index (χ2v) is 10.5. The first kappa shape index (κ1) is 24.2. The van der Waals surface area contributed by atoms with Gasteiger partial charge in [-0.05, 0) is 35.9 Å². The molecule has 0 fully saturated rings. The van der Waals surface area contributed by atoms with Crippen molar-refractivity contribution < 1.29 is 22.7 Å². The van der Waals surface area contributed by atoms with Crippen molar-refractivity contribution in [3.8, 4) is 17.4 Å². The third kappa shape index (κ3) is 4.81. The molecule has 35 heavy (non-hydrogen) atoms. The first-order valence-corrected chi connectivity index (χ1v) is 12.8. The van der Waals surface area contributed by atoms with Crippen molar-refractivity contribution in [3.05, 3.63) is 73.7 Å². The van der Waals surface area contributed by atoms with Crippen LogP contribution in [0.3, 0.4) is 0 Å². The summed E-state index contributed by atoms with van der Waals surface area (Å²) in [6, 6.07) is 10.6. The lowest BCUT2D eigenvalue weighted by Crippen LogP contribution is -2.33. The molecule has 0 aliphatic heterocycles. The zero-order valence-corrected chi connectivity index (χ0v) is 20.5. The Morgan fingerprint density at radius 1 is 1.14 bits per heavy atom. The molecule has 0 bridgehead atoms. The SMILES string of the molecule is COc1ccc(-n2c(=O)[nH]c3cc(C(=O)NCc4cccc(S(C)(=O)=O)c4)sc3c2=O)nc1OC. The van der Waals surface area contributed by atoms with Crippen molar-refractivity contribution in [2.75, 3.05) is 20.5 Å². The lowest BCUT2D eigenvalue weighted by Gasteiger charge is -2.09. The molecule has 11 nitrogen and oxygen atoms in total. The number of aromatic amines is 1. The highest BCUT2D eigenvalue weighted by molar-refractivity contribution is 7.90. The van der Waals surface area contributed by atoms with Crippen molar-refractivity contribution in [1.82, 2.24) is 19.9 Å². The van der Waals surface area contributed by atoms with Crippen molar-refractivity contribution in [2.45, 2.75) is 11.4 Å². The minimum atomic E-state index is -3.38. The van der Waals surface area contributed by atoms with Gasteiger partial charge in [0.15, 0.2) is 15.6 Å². The van der Waals surface area contributed by atoms with Crippen LogP contribution in [0, 0.1) is 0 Å². The molecule has 1 aromatic carbocycles. The number of pyridine rings is 1. The van der Waals surface area contributed by atoms with Crippen LogP contribution < -0.4 is 26.0 Å². The smallest absolute Gasteiger partial charge is 0.334 e. The van der Waals surface area contributed by atoms with Gasteiger partial charge in [-0.2, -0.15) is 4.98 Å². The van der Waals surface area contributed by atoms with E-state index in [4.69, 9.17) is 9.47 Å². The number of hydrogen-bond acceptors (Lipinski definition) is 9. The van der Waals surface area contributed by atoms with E-state index in [-0.39, 0.29) is 38.2 Å². The number of carbonyl (C=O) groups excluding carboxylic acids is 1. The molecule has 0 spiro atoms. The number of rotatable bonds is 7. The third-order valence-electron chi connectivity index (χ3n) is 5.03. The molecular formula is C22H20N4O7S2. The van der Waals surface area contributed by atoms with Gasteiger partial charge in [0.05, 0.1) is 29.5 Å². The maximum Gasteiger partial charge on any atom is 0.334 e. The number of aromatic nitrogens is 3. The van der Waals surface area contributed by atoms with Crippen molar-refractivity contribution >= 4 is 37.3 Å². The van der Waals surface area contributed by atoms with E-state index >= 15 is 0 Å². The number of methoxy groups -OCH3 is 2. The normalized spacial score (nSPS) is 11.4. The second-order valence-electron chi connectivity index (χ2n) is 7.41. The standard InChI is InChI=1S/C22H20N4O7S2/c1-32-15-7-8-17(25-20(15)33-2)26-21(28)18-14(24-22(26)29)10-16(34-18)19(27)23-11-12-5-4-6-13(9-12)35(3,30)31/h4-10H,11H2,1-3H3,(H,23,27)(H,24,29). The predicted octanol–water partition coefficient (Wildman–Crippen LogP) is 1.49. The molecule has 4 aromatic rings. The number of carbonyl (C=O) groups is 1. The summed E-state index contributed by atoms with van der Waals surface area (Å²) in [5.41, 5.74) is -0.568. The van der Waals surface area contributed by atoms with Crippen LogP contribution >= 0.6 is 11.3 Å². The van der Waals surface area contributed by atoms with Crippen molar-refractivity contribution in [2.24, 2.45) is 0 Å². The van der Waals surface area contributed by atoms with Crippen molar-refractivity contribution in [3.63, 3.8) is 0 Å². The minimum Gasteiger partial charge on any atom is -0.491 e. The molecule has 13 heteroatoms. The molecule has 1 amide bonds. The summed E-state index contributed by atoms with van der Waals surface area (Å²) in [7, 11) is -0.562. The number of benzene rings is 1. The molecule has 0 aliphatic rings. The predicted molar refractivity (Wildman–Crippen MR) is 130 cm³/mol. The Balaban J connectivity index is 1.64. The first-order valence-electron chi connectivity index (χ1n) is 10.1. The van der Waals surface area contributed by atoms with E-state index in [9.17, 15) is 22.8 Å². The van der Waals surface area contributed by atoms with E-state index in [0.717, 1.165) is 22.2 Å². The van der Waals surface area contributed by atoms with Gasteiger partial charge in [0.25, 0.3) is 17.3 Å². The van der Waals surface area contributed by atoms with Gasteiger partial charge in [0.1, 0.15) is 10.5 Å². The van der Waals surface area contributed by atoms with E-state index in [1.54, 1.807) is 12.1 Å². The molecule has 0 saturated heterocycles. The highest BCUT2D eigenvalue weighted by Crippen LogP contribution is 2.25. The highest BCUT2D eigenvalue weighted by atomic mass is 32.2. The lowest BCUT2D eigenvalue weighted by molar-refractivity contribution is 0.0955. The Kier molecular flexibility index (Phi) is 6.45. The summed E-state index contributed by atoms with van der Waals surface area (Å²) in [5, 5.41) is 2.70. The quantitative estimate of drug-likeness (QED) is 0.375. The van der Waals surface area contributed by atoms with Gasteiger partial charge in [-0.25, -0.2) is 17.8 Å². The average molecular weight is 517 g/mol. The zero-order valence-electron chi connectivity index (χ0n) is 18.8. The van der Waals surface area contributed by atoms with Crippen LogP contribution in [0.5, 0.6) is 11.6 Å². The van der Waals surface area contributed by atoms with Crippen LogP contribution in [0.2, 0.25) is 0 Å². The average Bonchev–Trinajstić information content (AvgIpc) is 3.26. The monoisotopic (exact) mass is 516 g/mol. The Labute approximate surface area is 202 Å². The lowest BCUT2D eigenvalue weighted by atomic mass is 10.2. The maximum absolute atomic E-state index is 13.1.